The predicted octanol–water partition coefficient (Wildman–Crippen LogP) is 2.25. The van der Waals surface area contributed by atoms with Crippen LogP contribution in [0.2, 0.25) is 0 Å². The number of methoxy groups -OCH3 is 1. The smallest absolute Gasteiger partial charge is 0.315 e. The monoisotopic (exact) mass is 403 g/mol. The summed E-state index contributed by atoms with van der Waals surface area (Å²) in [5.41, 5.74) is 7.97. The Balaban J connectivity index is 0.00000169. The molecule has 0 atom stereocenters. The molecule has 0 heterocycles. The van der Waals surface area contributed by atoms with E-state index in [1.807, 2.05) is 30.3 Å². The van der Waals surface area contributed by atoms with E-state index in [1.165, 1.54) is 13.2 Å². The van der Waals surface area contributed by atoms with Gasteiger partial charge in [0, 0.05) is 44.1 Å². The number of carbonyl (C=O) groups excluding carboxylic acids is 1. The molecule has 1 N–H and O–H groups in total. The zero-order chi connectivity index (χ0) is 9.68. The second-order valence-corrected chi connectivity index (χ2v) is 2.46. The number of esters is 1. The molecule has 1 rings (SSSR count). The molecule has 71 valence electrons. The molecule has 1 aromatic rings. The van der Waals surface area contributed by atoms with Crippen LogP contribution < -0.4 is 0 Å². The molecule has 3 nitrogen and oxygen atoms in total. The second-order valence-electron chi connectivity index (χ2n) is 2.46. The first kappa shape index (κ1) is 13.7. The number of nitrogens with one attached hydrogen (secondary N) is 1. The molecule has 0 aliphatic rings. The summed E-state index contributed by atoms with van der Waals surface area (Å²) in [6.45, 7) is 0. The molecule has 4 heteroatoms. The van der Waals surface area contributed by atoms with E-state index in [2.05, 4.69) is 4.74 Å². The van der Waals surface area contributed by atoms with Crippen molar-refractivity contribution >= 4 is 12.0 Å². The SMILES string of the molecule is COC(=O)/C([NH-])=C/c1ccccc1.[Ac]. The summed E-state index contributed by atoms with van der Waals surface area (Å²) in [6, 6.07) is 9.20. The van der Waals surface area contributed by atoms with Gasteiger partial charge in [-0.05, 0) is 5.56 Å². The minimum absolute atomic E-state index is 0. The molecular formula is C10H10AcNO2-. The maximum Gasteiger partial charge on any atom is 0.315 e. The Morgan fingerprint density at radius 3 is 2.43 bits per heavy atom. The van der Waals surface area contributed by atoms with Crippen molar-refractivity contribution in [3.05, 3.63) is 47.3 Å². The first-order valence-electron chi connectivity index (χ1n) is 3.80. The van der Waals surface area contributed by atoms with Crippen LogP contribution in [-0.2, 0) is 9.53 Å². The van der Waals surface area contributed by atoms with Gasteiger partial charge in [-0.3, -0.25) is 0 Å². The summed E-state index contributed by atoms with van der Waals surface area (Å²) in [6.07, 6.45) is 1.46. The van der Waals surface area contributed by atoms with E-state index in [1.54, 1.807) is 0 Å². The van der Waals surface area contributed by atoms with Crippen molar-refractivity contribution in [2.45, 2.75) is 0 Å². The minimum atomic E-state index is -0.621. The molecule has 1 aromatic carbocycles. The van der Waals surface area contributed by atoms with E-state index in [9.17, 15) is 4.79 Å². The van der Waals surface area contributed by atoms with Crippen molar-refractivity contribution in [3.8, 4) is 0 Å². The number of hydrogen-bond donors (Lipinski definition) is 0. The standard InChI is InChI=1S/C10H10NO2.Ac/c1-13-10(12)9(11)7-8-5-3-2-4-6-8;/h2-7,11H,1H3;/q-1;/b9-7-;. The average molecular weight is 403 g/mol. The molecule has 0 aromatic heterocycles. The molecule has 14 heavy (non-hydrogen) atoms. The molecule has 0 spiro atoms. The quantitative estimate of drug-likeness (QED) is 0.562. The van der Waals surface area contributed by atoms with Crippen LogP contribution in [0.4, 0.5) is 0 Å². The van der Waals surface area contributed by atoms with Crippen LogP contribution in [0.15, 0.2) is 36.0 Å². The van der Waals surface area contributed by atoms with Crippen molar-refractivity contribution in [3.63, 3.8) is 0 Å². The zero-order valence-electron chi connectivity index (χ0n) is 7.86. The Hall–Kier alpha value is -0.328. The summed E-state index contributed by atoms with van der Waals surface area (Å²) < 4.78 is 4.39. The Bertz CT molecular complexity index is 322. The third-order valence-electron chi connectivity index (χ3n) is 1.52. The second kappa shape index (κ2) is 7.03. The van der Waals surface area contributed by atoms with E-state index in [0.717, 1.165) is 5.56 Å². The molecule has 0 amide bonds. The van der Waals surface area contributed by atoms with E-state index in [0.29, 0.717) is 0 Å². The van der Waals surface area contributed by atoms with E-state index >= 15 is 0 Å². The van der Waals surface area contributed by atoms with Crippen molar-refractivity contribution < 1.29 is 53.6 Å². The maximum atomic E-state index is 10.8. The van der Waals surface area contributed by atoms with Crippen LogP contribution in [0.3, 0.4) is 0 Å². The van der Waals surface area contributed by atoms with Gasteiger partial charge in [0.05, 0.1) is 7.11 Å². The first-order chi connectivity index (χ1) is 6.24. The maximum absolute atomic E-state index is 10.8. The number of rotatable bonds is 2. The molecule has 0 aliphatic carbocycles. The van der Waals surface area contributed by atoms with E-state index in [-0.39, 0.29) is 49.8 Å². The van der Waals surface area contributed by atoms with Gasteiger partial charge in [-0.25, -0.2) is 4.79 Å². The zero-order valence-corrected chi connectivity index (χ0v) is 12.6. The van der Waals surface area contributed by atoms with Crippen molar-refractivity contribution in [1.82, 2.24) is 0 Å². The number of hydrogen-bond acceptors (Lipinski definition) is 2. The fraction of sp³-hybridized carbons (Fsp3) is 0.100. The summed E-state index contributed by atoms with van der Waals surface area (Å²) >= 11 is 0. The van der Waals surface area contributed by atoms with E-state index < -0.39 is 5.97 Å². The largest absolute Gasteiger partial charge is 0.693 e. The third-order valence-corrected chi connectivity index (χ3v) is 1.52. The Labute approximate surface area is 119 Å². The van der Waals surface area contributed by atoms with Crippen LogP contribution >= 0.6 is 0 Å². The molecule has 0 saturated heterocycles. The molecule has 0 saturated carbocycles. The van der Waals surface area contributed by atoms with Crippen molar-refractivity contribution in [2.75, 3.05) is 7.11 Å². The molecule has 0 fully saturated rings. The van der Waals surface area contributed by atoms with Crippen molar-refractivity contribution in [2.24, 2.45) is 0 Å². The summed E-state index contributed by atoms with van der Waals surface area (Å²) in [5.74, 6) is -0.621. The van der Waals surface area contributed by atoms with Gasteiger partial charge in [-0.15, -0.1) is 0 Å². The van der Waals surface area contributed by atoms with Crippen LogP contribution in [0.25, 0.3) is 11.8 Å². The Morgan fingerprint density at radius 1 is 1.36 bits per heavy atom. The van der Waals surface area contributed by atoms with Crippen LogP contribution in [0, 0.1) is 44.1 Å². The van der Waals surface area contributed by atoms with Crippen LogP contribution in [0.5, 0.6) is 0 Å². The molecule has 1 radical (unpaired) electrons. The van der Waals surface area contributed by atoms with Crippen LogP contribution in [-0.4, -0.2) is 13.1 Å². The summed E-state index contributed by atoms with van der Waals surface area (Å²) in [4.78, 5) is 10.8. The molecule has 0 bridgehead atoms. The van der Waals surface area contributed by atoms with Gasteiger partial charge >= 0.3 is 5.97 Å². The van der Waals surface area contributed by atoms with Crippen LogP contribution in [0.1, 0.15) is 5.56 Å². The summed E-state index contributed by atoms with van der Waals surface area (Å²) in [7, 11) is 1.26. The first-order valence-corrected chi connectivity index (χ1v) is 3.80. The minimum Gasteiger partial charge on any atom is -0.693 e. The summed E-state index contributed by atoms with van der Waals surface area (Å²) in [5, 5.41) is 0. The number of ether oxygens (including phenoxy) is 1. The predicted molar refractivity (Wildman–Crippen MR) is 50.8 cm³/mol. The molecular weight excluding hydrogens is 393 g/mol. The van der Waals surface area contributed by atoms with E-state index in [4.69, 9.17) is 5.73 Å². The van der Waals surface area contributed by atoms with Crippen molar-refractivity contribution in [1.29, 1.82) is 0 Å². The van der Waals surface area contributed by atoms with Gasteiger partial charge in [-0.1, -0.05) is 42.1 Å². The van der Waals surface area contributed by atoms with Gasteiger partial charge in [0.25, 0.3) is 0 Å². The van der Waals surface area contributed by atoms with Gasteiger partial charge in [-0.2, -0.15) is 0 Å². The fourth-order valence-electron chi connectivity index (χ4n) is 0.885. The fourth-order valence-corrected chi connectivity index (χ4v) is 0.885. The number of carbonyl (C=O) groups is 1. The average Bonchev–Trinajstić information content (AvgIpc) is 2.18. The van der Waals surface area contributed by atoms with Gasteiger partial charge in [0.15, 0.2) is 0 Å². The van der Waals surface area contributed by atoms with Gasteiger partial charge < -0.3 is 10.5 Å². The Morgan fingerprint density at radius 2 is 1.93 bits per heavy atom. The number of benzene rings is 1. The molecule has 0 unspecified atom stereocenters. The third kappa shape index (κ3) is 4.26. The normalized spacial score (nSPS) is 10.2. The topological polar surface area (TPSA) is 50.1 Å². The van der Waals surface area contributed by atoms with Gasteiger partial charge in [0.2, 0.25) is 0 Å². The molecule has 0 aliphatic heterocycles. The van der Waals surface area contributed by atoms with Gasteiger partial charge in [0.1, 0.15) is 0 Å². The Kier molecular flexibility index (Phi) is 6.86.